The predicted octanol–water partition coefficient (Wildman–Crippen LogP) is 4.23. The van der Waals surface area contributed by atoms with Crippen LogP contribution in [0.15, 0.2) is 23.3 Å². The molecule has 0 aromatic heterocycles. The van der Waals surface area contributed by atoms with Gasteiger partial charge in [-0.1, -0.05) is 18.6 Å². The number of carboxylic acids is 1. The van der Waals surface area contributed by atoms with Crippen molar-refractivity contribution < 1.29 is 29.0 Å². The van der Waals surface area contributed by atoms with Gasteiger partial charge >= 0.3 is 11.9 Å². The van der Waals surface area contributed by atoms with Crippen LogP contribution in [-0.4, -0.2) is 41.1 Å². The first kappa shape index (κ1) is 24.1. The topological polar surface area (TPSA) is 89.9 Å². The van der Waals surface area contributed by atoms with Gasteiger partial charge in [-0.3, -0.25) is 9.59 Å². The Kier molecular flexibility index (Phi) is 9.59. The van der Waals surface area contributed by atoms with E-state index in [1.54, 1.807) is 0 Å². The monoisotopic (exact) mass is 394 g/mol. The van der Waals surface area contributed by atoms with Crippen LogP contribution in [0.4, 0.5) is 0 Å². The van der Waals surface area contributed by atoms with Gasteiger partial charge in [-0.15, -0.1) is 0 Å². The highest BCUT2D eigenvalue weighted by Gasteiger charge is 2.39. The number of Topliss-reactive ketones (excluding diaryl/α,β-unsaturated/α-hetero) is 1. The molecule has 28 heavy (non-hydrogen) atoms. The standard InChI is InChI=1S/C22H34O6/c1-15(2)8-10-19(24)16(3)7-6-12-22(5)20(28-17(4)23)11-9-18(14-27-22)13-21(25)26/h8,13,16,20H,6-7,9-12,14H2,1-5H3,(H,25,26)/b18-13+/t16?,20-,22+/m1/s1. The second-order valence-electron chi connectivity index (χ2n) is 8.12. The molecule has 0 saturated carbocycles. The number of hydrogen-bond donors (Lipinski definition) is 1. The smallest absolute Gasteiger partial charge is 0.328 e. The van der Waals surface area contributed by atoms with Crippen molar-refractivity contribution in [3.63, 3.8) is 0 Å². The van der Waals surface area contributed by atoms with Gasteiger partial charge in [0, 0.05) is 25.3 Å². The summed E-state index contributed by atoms with van der Waals surface area (Å²) in [6.07, 6.45) is 6.28. The summed E-state index contributed by atoms with van der Waals surface area (Å²) < 4.78 is 11.5. The first-order valence-electron chi connectivity index (χ1n) is 9.93. The molecule has 0 aliphatic carbocycles. The van der Waals surface area contributed by atoms with E-state index in [0.717, 1.165) is 18.4 Å². The summed E-state index contributed by atoms with van der Waals surface area (Å²) in [6.45, 7) is 9.36. The molecule has 3 atom stereocenters. The molecule has 0 bridgehead atoms. The van der Waals surface area contributed by atoms with Crippen LogP contribution in [-0.2, 0) is 23.9 Å². The lowest BCUT2D eigenvalue weighted by Crippen LogP contribution is -2.43. The van der Waals surface area contributed by atoms with Gasteiger partial charge < -0.3 is 14.6 Å². The highest BCUT2D eigenvalue weighted by Crippen LogP contribution is 2.34. The van der Waals surface area contributed by atoms with Gasteiger partial charge in [0.1, 0.15) is 17.5 Å². The second kappa shape index (κ2) is 11.1. The maximum atomic E-state index is 12.2. The first-order chi connectivity index (χ1) is 13.0. The van der Waals surface area contributed by atoms with E-state index in [2.05, 4.69) is 0 Å². The molecular formula is C22H34O6. The Morgan fingerprint density at radius 2 is 2.00 bits per heavy atom. The zero-order valence-electron chi connectivity index (χ0n) is 17.7. The minimum Gasteiger partial charge on any atom is -0.478 e. The molecule has 1 aliphatic heterocycles. The van der Waals surface area contributed by atoms with Crippen molar-refractivity contribution in [1.29, 1.82) is 0 Å². The Morgan fingerprint density at radius 3 is 2.57 bits per heavy atom. The Hall–Kier alpha value is -1.95. The lowest BCUT2D eigenvalue weighted by molar-refractivity contribution is -0.167. The molecule has 1 N–H and O–H groups in total. The van der Waals surface area contributed by atoms with Crippen LogP contribution in [0.5, 0.6) is 0 Å². The minimum absolute atomic E-state index is 0.0420. The molecule has 1 fully saturated rings. The number of allylic oxidation sites excluding steroid dienone is 2. The molecule has 0 aromatic carbocycles. The van der Waals surface area contributed by atoms with Crippen molar-refractivity contribution in [3.05, 3.63) is 23.3 Å². The lowest BCUT2D eigenvalue weighted by Gasteiger charge is -2.35. The predicted molar refractivity (Wildman–Crippen MR) is 107 cm³/mol. The van der Waals surface area contributed by atoms with E-state index in [1.165, 1.54) is 13.0 Å². The number of carboxylic acid groups (broad SMARTS) is 1. The highest BCUT2D eigenvalue weighted by atomic mass is 16.6. The van der Waals surface area contributed by atoms with Crippen molar-refractivity contribution in [3.8, 4) is 0 Å². The largest absolute Gasteiger partial charge is 0.478 e. The lowest BCUT2D eigenvalue weighted by atomic mass is 9.87. The van der Waals surface area contributed by atoms with Crippen molar-refractivity contribution in [1.82, 2.24) is 0 Å². The molecule has 158 valence electrons. The van der Waals surface area contributed by atoms with Crippen molar-refractivity contribution in [2.24, 2.45) is 5.92 Å². The Labute approximate surface area is 168 Å². The van der Waals surface area contributed by atoms with E-state index < -0.39 is 17.7 Å². The number of carbonyl (C=O) groups is 3. The SMILES string of the molecule is CC(=O)O[C@@H]1CC/C(=C\C(=O)O)CO[C@@]1(C)CCCC(C)C(=O)CC=C(C)C. The van der Waals surface area contributed by atoms with Crippen LogP contribution in [0.25, 0.3) is 0 Å². The van der Waals surface area contributed by atoms with Crippen LogP contribution < -0.4 is 0 Å². The third-order valence-corrected chi connectivity index (χ3v) is 5.20. The number of carbonyl (C=O) groups excluding carboxylic acids is 2. The van der Waals surface area contributed by atoms with E-state index >= 15 is 0 Å². The first-order valence-corrected chi connectivity index (χ1v) is 9.93. The third kappa shape index (κ3) is 8.38. The summed E-state index contributed by atoms with van der Waals surface area (Å²) in [6, 6.07) is 0. The van der Waals surface area contributed by atoms with Crippen LogP contribution in [0.2, 0.25) is 0 Å². The quantitative estimate of drug-likeness (QED) is 0.358. The average molecular weight is 395 g/mol. The molecule has 6 nitrogen and oxygen atoms in total. The van der Waals surface area contributed by atoms with E-state index in [4.69, 9.17) is 14.6 Å². The van der Waals surface area contributed by atoms with E-state index in [1.807, 2.05) is 33.8 Å². The van der Waals surface area contributed by atoms with Gasteiger partial charge in [0.25, 0.3) is 0 Å². The molecule has 0 aromatic rings. The fourth-order valence-corrected chi connectivity index (χ4v) is 3.38. The molecule has 1 rings (SSSR count). The molecule has 6 heteroatoms. The number of ether oxygens (including phenoxy) is 2. The van der Waals surface area contributed by atoms with Crippen LogP contribution >= 0.6 is 0 Å². The fraction of sp³-hybridized carbons (Fsp3) is 0.682. The average Bonchev–Trinajstić information content (AvgIpc) is 2.72. The molecule has 0 spiro atoms. The van der Waals surface area contributed by atoms with Gasteiger partial charge in [0.05, 0.1) is 6.61 Å². The Bertz CT molecular complexity index is 629. The molecular weight excluding hydrogens is 360 g/mol. The van der Waals surface area contributed by atoms with Crippen LogP contribution in [0.1, 0.15) is 73.1 Å². The summed E-state index contributed by atoms with van der Waals surface area (Å²) in [7, 11) is 0. The molecule has 0 amide bonds. The van der Waals surface area contributed by atoms with Gasteiger partial charge in [0.15, 0.2) is 0 Å². The number of esters is 1. The third-order valence-electron chi connectivity index (χ3n) is 5.20. The summed E-state index contributed by atoms with van der Waals surface area (Å²) in [5.41, 5.74) is 1.11. The van der Waals surface area contributed by atoms with Gasteiger partial charge in [-0.05, 0) is 58.4 Å². The van der Waals surface area contributed by atoms with Crippen molar-refractivity contribution >= 4 is 17.7 Å². The second-order valence-corrected chi connectivity index (χ2v) is 8.12. The van der Waals surface area contributed by atoms with E-state index in [0.29, 0.717) is 31.3 Å². The summed E-state index contributed by atoms with van der Waals surface area (Å²) >= 11 is 0. The van der Waals surface area contributed by atoms with Crippen molar-refractivity contribution in [2.75, 3.05) is 6.61 Å². The molecule has 0 radical (unpaired) electrons. The summed E-state index contributed by atoms with van der Waals surface area (Å²) in [5, 5.41) is 8.98. The van der Waals surface area contributed by atoms with Crippen molar-refractivity contribution in [2.45, 2.75) is 84.8 Å². The maximum Gasteiger partial charge on any atom is 0.328 e. The zero-order chi connectivity index (χ0) is 21.3. The Morgan fingerprint density at radius 1 is 1.32 bits per heavy atom. The van der Waals surface area contributed by atoms with Crippen LogP contribution in [0.3, 0.4) is 0 Å². The zero-order valence-corrected chi connectivity index (χ0v) is 17.7. The summed E-state index contributed by atoms with van der Waals surface area (Å²) in [5.74, 6) is -1.21. The molecule has 1 heterocycles. The number of aliphatic carboxylic acids is 1. The number of ketones is 1. The normalized spacial score (nSPS) is 24.9. The molecule has 1 unspecified atom stereocenters. The van der Waals surface area contributed by atoms with Gasteiger partial charge in [0.2, 0.25) is 0 Å². The number of hydrogen-bond acceptors (Lipinski definition) is 5. The minimum atomic E-state index is -1.00. The van der Waals surface area contributed by atoms with E-state index in [9.17, 15) is 14.4 Å². The van der Waals surface area contributed by atoms with Gasteiger partial charge in [-0.2, -0.15) is 0 Å². The Balaban J connectivity index is 2.74. The number of rotatable bonds is 9. The van der Waals surface area contributed by atoms with E-state index in [-0.39, 0.29) is 24.3 Å². The maximum absolute atomic E-state index is 12.2. The van der Waals surface area contributed by atoms with Crippen LogP contribution in [0, 0.1) is 5.92 Å². The summed E-state index contributed by atoms with van der Waals surface area (Å²) in [4.78, 5) is 34.7. The highest BCUT2D eigenvalue weighted by molar-refractivity contribution is 5.82. The molecule has 1 aliphatic rings. The fourth-order valence-electron chi connectivity index (χ4n) is 3.38. The molecule has 1 saturated heterocycles. The van der Waals surface area contributed by atoms with Gasteiger partial charge in [-0.25, -0.2) is 4.79 Å².